The molecule has 0 unspecified atom stereocenters. The molecule has 0 radical (unpaired) electrons. The summed E-state index contributed by atoms with van der Waals surface area (Å²) in [6.45, 7) is 0.283. The minimum absolute atomic E-state index is 0.168. The van der Waals surface area contributed by atoms with Gasteiger partial charge in [0, 0.05) is 12.7 Å². The monoisotopic (exact) mass is 405 g/mol. The lowest BCUT2D eigenvalue weighted by Crippen LogP contribution is -2.30. The number of amides is 1. The van der Waals surface area contributed by atoms with E-state index < -0.39 is 15.8 Å². The number of ether oxygens (including phenoxy) is 2. The summed E-state index contributed by atoms with van der Waals surface area (Å²) in [5.74, 6) is -0.246. The Morgan fingerprint density at radius 2 is 1.68 bits per heavy atom. The molecule has 0 spiro atoms. The van der Waals surface area contributed by atoms with Crippen LogP contribution in [0.2, 0.25) is 0 Å². The SMILES string of the molecule is CS(=O)(=O)c1ccc(OCCCC(=O)NCC(=O)OCc2ccccc2)cc1. The lowest BCUT2D eigenvalue weighted by atomic mass is 10.2. The van der Waals surface area contributed by atoms with Gasteiger partial charge in [-0.15, -0.1) is 0 Å². The zero-order valence-electron chi connectivity index (χ0n) is 15.6. The molecule has 8 heteroatoms. The second kappa shape index (κ2) is 10.5. The van der Waals surface area contributed by atoms with Crippen molar-refractivity contribution in [3.63, 3.8) is 0 Å². The highest BCUT2D eigenvalue weighted by molar-refractivity contribution is 7.90. The van der Waals surface area contributed by atoms with E-state index in [1.807, 2.05) is 30.3 Å². The van der Waals surface area contributed by atoms with Crippen molar-refractivity contribution in [2.45, 2.75) is 24.3 Å². The first-order valence-electron chi connectivity index (χ1n) is 8.74. The van der Waals surface area contributed by atoms with E-state index in [1.165, 1.54) is 12.1 Å². The lowest BCUT2D eigenvalue weighted by Gasteiger charge is -2.08. The van der Waals surface area contributed by atoms with Gasteiger partial charge in [-0.3, -0.25) is 9.59 Å². The molecule has 0 aliphatic carbocycles. The van der Waals surface area contributed by atoms with Crippen LogP contribution < -0.4 is 10.1 Å². The van der Waals surface area contributed by atoms with Crippen LogP contribution in [0.3, 0.4) is 0 Å². The Hall–Kier alpha value is -2.87. The summed E-state index contributed by atoms with van der Waals surface area (Å²) < 4.78 is 33.3. The van der Waals surface area contributed by atoms with Crippen LogP contribution in [0.15, 0.2) is 59.5 Å². The van der Waals surface area contributed by atoms with Crippen molar-refractivity contribution in [1.29, 1.82) is 0 Å². The summed E-state index contributed by atoms with van der Waals surface area (Å²) in [5, 5.41) is 2.51. The molecular weight excluding hydrogens is 382 g/mol. The van der Waals surface area contributed by atoms with Crippen LogP contribution in [0, 0.1) is 0 Å². The van der Waals surface area contributed by atoms with Gasteiger partial charge in [0.1, 0.15) is 18.9 Å². The standard InChI is InChI=1S/C20H23NO6S/c1-28(24,25)18-11-9-17(10-12-18)26-13-5-8-19(22)21-14-20(23)27-15-16-6-3-2-4-7-16/h2-4,6-7,9-12H,5,8,13-15H2,1H3,(H,21,22). The highest BCUT2D eigenvalue weighted by atomic mass is 32.2. The number of carbonyl (C=O) groups excluding carboxylic acids is 2. The Bertz CT molecular complexity index is 879. The van der Waals surface area contributed by atoms with Crippen LogP contribution in [-0.2, 0) is 30.8 Å². The van der Waals surface area contributed by atoms with Gasteiger partial charge in [-0.2, -0.15) is 0 Å². The molecule has 2 aromatic carbocycles. The van der Waals surface area contributed by atoms with Crippen LogP contribution in [0.4, 0.5) is 0 Å². The molecule has 0 atom stereocenters. The van der Waals surface area contributed by atoms with E-state index >= 15 is 0 Å². The maximum absolute atomic E-state index is 11.7. The van der Waals surface area contributed by atoms with E-state index in [1.54, 1.807) is 12.1 Å². The van der Waals surface area contributed by atoms with Gasteiger partial charge >= 0.3 is 5.97 Å². The van der Waals surface area contributed by atoms with Crippen LogP contribution in [0.1, 0.15) is 18.4 Å². The Morgan fingerprint density at radius 1 is 1.00 bits per heavy atom. The van der Waals surface area contributed by atoms with Crippen LogP contribution >= 0.6 is 0 Å². The topological polar surface area (TPSA) is 98.8 Å². The van der Waals surface area contributed by atoms with Crippen molar-refractivity contribution in [3.8, 4) is 5.75 Å². The van der Waals surface area contributed by atoms with Crippen molar-refractivity contribution >= 4 is 21.7 Å². The molecule has 1 amide bonds. The molecule has 28 heavy (non-hydrogen) atoms. The molecule has 0 saturated carbocycles. The number of hydrogen-bond donors (Lipinski definition) is 1. The van der Waals surface area contributed by atoms with Crippen molar-refractivity contribution in [3.05, 3.63) is 60.2 Å². The van der Waals surface area contributed by atoms with E-state index in [4.69, 9.17) is 9.47 Å². The second-order valence-electron chi connectivity index (χ2n) is 6.12. The smallest absolute Gasteiger partial charge is 0.325 e. The summed E-state index contributed by atoms with van der Waals surface area (Å²) in [4.78, 5) is 23.6. The summed E-state index contributed by atoms with van der Waals surface area (Å²) >= 11 is 0. The number of hydrogen-bond acceptors (Lipinski definition) is 6. The van der Waals surface area contributed by atoms with Crippen molar-refractivity contribution < 1.29 is 27.5 Å². The quantitative estimate of drug-likeness (QED) is 0.480. The maximum Gasteiger partial charge on any atom is 0.325 e. The largest absolute Gasteiger partial charge is 0.494 e. The van der Waals surface area contributed by atoms with Gasteiger partial charge in [0.25, 0.3) is 0 Å². The fourth-order valence-corrected chi connectivity index (χ4v) is 2.88. The van der Waals surface area contributed by atoms with E-state index in [-0.39, 0.29) is 30.4 Å². The van der Waals surface area contributed by atoms with Gasteiger partial charge in [-0.1, -0.05) is 30.3 Å². The maximum atomic E-state index is 11.7. The minimum Gasteiger partial charge on any atom is -0.494 e. The molecule has 1 N–H and O–H groups in total. The summed E-state index contributed by atoms with van der Waals surface area (Å²) in [5.41, 5.74) is 0.879. The summed E-state index contributed by atoms with van der Waals surface area (Å²) in [6, 6.07) is 15.4. The molecule has 0 bridgehead atoms. The first-order chi connectivity index (χ1) is 13.3. The third kappa shape index (κ3) is 7.79. The van der Waals surface area contributed by atoms with Gasteiger partial charge in [0.05, 0.1) is 11.5 Å². The van der Waals surface area contributed by atoms with E-state index in [9.17, 15) is 18.0 Å². The molecule has 150 valence electrons. The Kier molecular flexibility index (Phi) is 8.01. The highest BCUT2D eigenvalue weighted by Gasteiger charge is 2.08. The van der Waals surface area contributed by atoms with E-state index in [0.717, 1.165) is 11.8 Å². The van der Waals surface area contributed by atoms with Gasteiger partial charge in [0.2, 0.25) is 5.91 Å². The molecule has 0 heterocycles. The van der Waals surface area contributed by atoms with Gasteiger partial charge in [-0.25, -0.2) is 8.42 Å². The number of sulfone groups is 1. The average molecular weight is 405 g/mol. The number of rotatable bonds is 10. The third-order valence-electron chi connectivity index (χ3n) is 3.74. The molecule has 0 aromatic heterocycles. The van der Waals surface area contributed by atoms with Gasteiger partial charge < -0.3 is 14.8 Å². The van der Waals surface area contributed by atoms with Crippen molar-refractivity contribution in [1.82, 2.24) is 5.32 Å². The molecule has 0 aliphatic rings. The van der Waals surface area contributed by atoms with Gasteiger partial charge in [-0.05, 0) is 36.2 Å². The molecular formula is C20H23NO6S. The minimum atomic E-state index is -3.24. The Morgan fingerprint density at radius 3 is 2.32 bits per heavy atom. The summed E-state index contributed by atoms with van der Waals surface area (Å²) in [7, 11) is -3.24. The predicted octanol–water partition coefficient (Wildman–Crippen LogP) is 2.11. The number of nitrogens with one attached hydrogen (secondary N) is 1. The van der Waals surface area contributed by atoms with Crippen LogP contribution in [0.25, 0.3) is 0 Å². The zero-order valence-corrected chi connectivity index (χ0v) is 16.4. The highest BCUT2D eigenvalue weighted by Crippen LogP contribution is 2.16. The fourth-order valence-electron chi connectivity index (χ4n) is 2.25. The van der Waals surface area contributed by atoms with Crippen LogP contribution in [0.5, 0.6) is 5.75 Å². The van der Waals surface area contributed by atoms with E-state index in [2.05, 4.69) is 5.32 Å². The van der Waals surface area contributed by atoms with E-state index in [0.29, 0.717) is 18.8 Å². The van der Waals surface area contributed by atoms with Crippen LogP contribution in [-0.4, -0.2) is 39.7 Å². The number of carbonyl (C=O) groups is 2. The fraction of sp³-hybridized carbons (Fsp3) is 0.300. The molecule has 2 rings (SSSR count). The second-order valence-corrected chi connectivity index (χ2v) is 8.13. The van der Waals surface area contributed by atoms with Crippen molar-refractivity contribution in [2.24, 2.45) is 0 Å². The summed E-state index contributed by atoms with van der Waals surface area (Å²) in [6.07, 6.45) is 1.80. The Labute approximate surface area is 164 Å². The van der Waals surface area contributed by atoms with Gasteiger partial charge in [0.15, 0.2) is 9.84 Å². The average Bonchev–Trinajstić information content (AvgIpc) is 2.68. The zero-order chi connectivity index (χ0) is 20.4. The van der Waals surface area contributed by atoms with Crippen molar-refractivity contribution in [2.75, 3.05) is 19.4 Å². The molecule has 0 aliphatic heterocycles. The first kappa shape index (κ1) is 21.4. The predicted molar refractivity (Wildman–Crippen MR) is 104 cm³/mol. The molecule has 0 fully saturated rings. The normalized spacial score (nSPS) is 10.9. The Balaban J connectivity index is 1.59. The molecule has 7 nitrogen and oxygen atoms in total. The number of esters is 1. The molecule has 2 aromatic rings. The molecule has 0 saturated heterocycles. The lowest BCUT2D eigenvalue weighted by molar-refractivity contribution is -0.145. The first-order valence-corrected chi connectivity index (χ1v) is 10.6. The number of benzene rings is 2. The third-order valence-corrected chi connectivity index (χ3v) is 4.87.